The van der Waals surface area contributed by atoms with E-state index in [1.807, 2.05) is 0 Å². The average Bonchev–Trinajstić information content (AvgIpc) is 3.32. The Bertz CT molecular complexity index is 1030. The minimum absolute atomic E-state index is 0.264. The summed E-state index contributed by atoms with van der Waals surface area (Å²) in [6.45, 7) is 0.400. The van der Waals surface area contributed by atoms with Crippen LogP contribution in [0.3, 0.4) is 0 Å². The molecule has 3 aromatic rings. The van der Waals surface area contributed by atoms with Crippen molar-refractivity contribution in [3.8, 4) is 11.6 Å². The van der Waals surface area contributed by atoms with E-state index < -0.39 is 12.0 Å². The molecule has 0 bridgehead atoms. The molecule has 1 atom stereocenters. The van der Waals surface area contributed by atoms with E-state index in [0.29, 0.717) is 41.3 Å². The molecule has 1 saturated heterocycles. The van der Waals surface area contributed by atoms with Crippen LogP contribution in [0.15, 0.2) is 33.5 Å². The lowest BCUT2D eigenvalue weighted by Gasteiger charge is -2.21. The van der Waals surface area contributed by atoms with Crippen LogP contribution in [-0.2, 0) is 4.79 Å². The number of aromatic nitrogens is 3. The number of likely N-dealkylation sites (tertiary alicyclic amines) is 1. The van der Waals surface area contributed by atoms with Gasteiger partial charge in [-0.25, -0.2) is 14.3 Å². The third-order valence-corrected chi connectivity index (χ3v) is 4.73. The van der Waals surface area contributed by atoms with Gasteiger partial charge in [0, 0.05) is 12.7 Å². The van der Waals surface area contributed by atoms with E-state index in [4.69, 9.17) is 10.2 Å². The maximum Gasteiger partial charge on any atom is 0.326 e. The highest BCUT2D eigenvalue weighted by Crippen LogP contribution is 2.26. The third-order valence-electron chi connectivity index (χ3n) is 4.30. The van der Waals surface area contributed by atoms with Gasteiger partial charge in [-0.15, -0.1) is 5.10 Å². The van der Waals surface area contributed by atoms with Crippen LogP contribution in [0.2, 0.25) is 0 Å². The lowest BCUT2D eigenvalue weighted by Crippen LogP contribution is -2.40. The van der Waals surface area contributed by atoms with Crippen molar-refractivity contribution < 1.29 is 19.1 Å². The van der Waals surface area contributed by atoms with Crippen LogP contribution >= 0.6 is 15.9 Å². The predicted molar refractivity (Wildman–Crippen MR) is 94.5 cm³/mol. The molecular formula is C16H14BrN5O4. The van der Waals surface area contributed by atoms with E-state index in [9.17, 15) is 14.7 Å². The Balaban J connectivity index is 1.72. The highest BCUT2D eigenvalue weighted by molar-refractivity contribution is 9.10. The molecule has 26 heavy (non-hydrogen) atoms. The van der Waals surface area contributed by atoms with Crippen molar-refractivity contribution in [3.05, 3.63) is 34.6 Å². The van der Waals surface area contributed by atoms with Gasteiger partial charge in [0.15, 0.2) is 16.1 Å². The molecule has 9 nitrogen and oxygen atoms in total. The Morgan fingerprint density at radius 1 is 1.38 bits per heavy atom. The molecule has 0 aliphatic carbocycles. The zero-order valence-corrected chi connectivity index (χ0v) is 15.0. The van der Waals surface area contributed by atoms with E-state index in [0.717, 1.165) is 0 Å². The van der Waals surface area contributed by atoms with Gasteiger partial charge in [-0.2, -0.15) is 0 Å². The molecule has 1 amide bonds. The highest BCUT2D eigenvalue weighted by Gasteiger charge is 2.34. The topological polar surface area (TPSA) is 127 Å². The van der Waals surface area contributed by atoms with Gasteiger partial charge < -0.3 is 20.2 Å². The number of nitrogens with two attached hydrogens (primary N) is 1. The van der Waals surface area contributed by atoms with Crippen LogP contribution < -0.4 is 5.73 Å². The fourth-order valence-corrected chi connectivity index (χ4v) is 3.41. The Morgan fingerprint density at radius 3 is 2.88 bits per heavy atom. The number of aliphatic carboxylic acids is 1. The van der Waals surface area contributed by atoms with E-state index in [-0.39, 0.29) is 17.2 Å². The summed E-state index contributed by atoms with van der Waals surface area (Å²) < 4.78 is 7.38. The molecule has 0 aromatic carbocycles. The van der Waals surface area contributed by atoms with Crippen molar-refractivity contribution in [2.45, 2.75) is 18.9 Å². The van der Waals surface area contributed by atoms with Crippen molar-refractivity contribution >= 4 is 39.1 Å². The van der Waals surface area contributed by atoms with Gasteiger partial charge in [-0.1, -0.05) is 0 Å². The molecule has 1 aliphatic rings. The normalized spacial score (nSPS) is 17.1. The first-order valence-corrected chi connectivity index (χ1v) is 8.69. The smallest absolute Gasteiger partial charge is 0.326 e. The number of rotatable bonds is 3. The molecule has 0 radical (unpaired) electrons. The molecular weight excluding hydrogens is 406 g/mol. The van der Waals surface area contributed by atoms with Gasteiger partial charge in [-0.3, -0.25) is 4.79 Å². The Hall–Kier alpha value is -2.88. The monoisotopic (exact) mass is 419 g/mol. The summed E-state index contributed by atoms with van der Waals surface area (Å²) in [6.07, 6.45) is 2.60. The van der Waals surface area contributed by atoms with E-state index in [1.165, 1.54) is 21.7 Å². The van der Waals surface area contributed by atoms with Gasteiger partial charge in [0.25, 0.3) is 5.91 Å². The number of halogens is 1. The lowest BCUT2D eigenvalue weighted by molar-refractivity contribution is -0.141. The maximum atomic E-state index is 12.8. The van der Waals surface area contributed by atoms with Crippen molar-refractivity contribution in [2.24, 2.45) is 0 Å². The fourth-order valence-electron chi connectivity index (χ4n) is 3.10. The standard InChI is InChI=1S/C16H14BrN5O4/c17-12-4-3-11(26-12)13-19-14-9(18)6-8(7-22(14)20-13)15(23)21-5-1-2-10(21)16(24)25/h3-4,6-7,10H,1-2,5,18H2,(H,24,25). The number of carboxylic acids is 1. The quantitative estimate of drug-likeness (QED) is 0.664. The Kier molecular flexibility index (Phi) is 3.91. The number of nitrogen functional groups attached to an aromatic ring is 1. The van der Waals surface area contributed by atoms with Gasteiger partial charge in [0.2, 0.25) is 5.82 Å². The summed E-state index contributed by atoms with van der Waals surface area (Å²) >= 11 is 3.22. The van der Waals surface area contributed by atoms with Crippen molar-refractivity contribution in [3.63, 3.8) is 0 Å². The number of fused-ring (bicyclic) bond motifs is 1. The van der Waals surface area contributed by atoms with E-state index in [2.05, 4.69) is 26.0 Å². The number of hydrogen-bond donors (Lipinski definition) is 2. The zero-order valence-electron chi connectivity index (χ0n) is 13.4. The number of pyridine rings is 1. The van der Waals surface area contributed by atoms with Gasteiger partial charge in [-0.05, 0) is 47.0 Å². The number of amides is 1. The van der Waals surface area contributed by atoms with Crippen LogP contribution in [0.1, 0.15) is 23.2 Å². The predicted octanol–water partition coefficient (Wildman–Crippen LogP) is 2.02. The summed E-state index contributed by atoms with van der Waals surface area (Å²) in [4.78, 5) is 29.8. The SMILES string of the molecule is Nc1cc(C(=O)N2CCCC2C(=O)O)cn2nc(-c3ccc(Br)o3)nc12. The summed E-state index contributed by atoms with van der Waals surface area (Å²) in [6, 6.07) is 4.11. The fraction of sp³-hybridized carbons (Fsp3) is 0.250. The number of furan rings is 1. The minimum atomic E-state index is -1.00. The van der Waals surface area contributed by atoms with Crippen LogP contribution in [0.5, 0.6) is 0 Å². The molecule has 3 N–H and O–H groups in total. The molecule has 10 heteroatoms. The molecule has 0 saturated carbocycles. The summed E-state index contributed by atoms with van der Waals surface area (Å²) in [5.41, 5.74) is 6.96. The number of carboxylic acid groups (broad SMARTS) is 1. The average molecular weight is 420 g/mol. The van der Waals surface area contributed by atoms with Gasteiger partial charge in [0.05, 0.1) is 11.3 Å². The molecule has 0 spiro atoms. The Labute approximate surface area is 155 Å². The van der Waals surface area contributed by atoms with Crippen LogP contribution in [0, 0.1) is 0 Å². The number of anilines is 1. The highest BCUT2D eigenvalue weighted by atomic mass is 79.9. The summed E-state index contributed by atoms with van der Waals surface area (Å²) in [5, 5.41) is 13.6. The zero-order chi connectivity index (χ0) is 18.4. The molecule has 3 aromatic heterocycles. The van der Waals surface area contributed by atoms with E-state index in [1.54, 1.807) is 12.1 Å². The molecule has 134 valence electrons. The molecule has 4 heterocycles. The number of nitrogens with zero attached hydrogens (tertiary/aromatic N) is 4. The number of carbonyl (C=O) groups excluding carboxylic acids is 1. The lowest BCUT2D eigenvalue weighted by atomic mass is 10.2. The minimum Gasteiger partial charge on any atom is -0.480 e. The molecule has 1 aliphatic heterocycles. The largest absolute Gasteiger partial charge is 0.480 e. The summed E-state index contributed by atoms with van der Waals surface area (Å²) in [5.74, 6) is -0.604. The first kappa shape index (κ1) is 16.6. The van der Waals surface area contributed by atoms with E-state index >= 15 is 0 Å². The van der Waals surface area contributed by atoms with Gasteiger partial charge in [0.1, 0.15) is 6.04 Å². The third kappa shape index (κ3) is 2.71. The first-order chi connectivity index (χ1) is 12.4. The van der Waals surface area contributed by atoms with Crippen molar-refractivity contribution in [1.29, 1.82) is 0 Å². The number of carbonyl (C=O) groups is 2. The van der Waals surface area contributed by atoms with Crippen LogP contribution in [-0.4, -0.2) is 49.1 Å². The molecule has 1 fully saturated rings. The number of hydrogen-bond acceptors (Lipinski definition) is 6. The van der Waals surface area contributed by atoms with Crippen molar-refractivity contribution in [1.82, 2.24) is 19.5 Å². The van der Waals surface area contributed by atoms with Crippen LogP contribution in [0.25, 0.3) is 17.2 Å². The molecule has 1 unspecified atom stereocenters. The van der Waals surface area contributed by atoms with Crippen LogP contribution in [0.4, 0.5) is 5.69 Å². The Morgan fingerprint density at radius 2 is 2.19 bits per heavy atom. The van der Waals surface area contributed by atoms with Crippen molar-refractivity contribution in [2.75, 3.05) is 12.3 Å². The second-order valence-electron chi connectivity index (χ2n) is 5.99. The summed E-state index contributed by atoms with van der Waals surface area (Å²) in [7, 11) is 0. The second kappa shape index (κ2) is 6.13. The second-order valence-corrected chi connectivity index (χ2v) is 6.77. The van der Waals surface area contributed by atoms with Gasteiger partial charge >= 0.3 is 5.97 Å². The first-order valence-electron chi connectivity index (χ1n) is 7.89. The molecule has 4 rings (SSSR count). The maximum absolute atomic E-state index is 12.8.